The predicted octanol–water partition coefficient (Wildman–Crippen LogP) is 4.06. The van der Waals surface area contributed by atoms with Gasteiger partial charge >= 0.3 is 0 Å². The third-order valence-electron chi connectivity index (χ3n) is 7.51. The number of nitrogens with zero attached hydrogens (tertiary/aromatic N) is 7. The summed E-state index contributed by atoms with van der Waals surface area (Å²) in [4.78, 5) is 18.7. The van der Waals surface area contributed by atoms with Gasteiger partial charge in [0.05, 0.1) is 31.9 Å². The fraction of sp³-hybridized carbons (Fsp3) is 0.444. The van der Waals surface area contributed by atoms with Crippen molar-refractivity contribution in [3.05, 3.63) is 48.0 Å². The molecule has 12 heteroatoms. The van der Waals surface area contributed by atoms with E-state index < -0.39 is 0 Å². The molecular formula is C27H31N9O3. The van der Waals surface area contributed by atoms with Crippen LogP contribution in [-0.2, 0) is 4.74 Å². The number of hydrogen-bond acceptors (Lipinski definition) is 11. The van der Waals surface area contributed by atoms with E-state index in [4.69, 9.17) is 24.0 Å². The summed E-state index contributed by atoms with van der Waals surface area (Å²) in [6.45, 7) is 3.74. The molecule has 1 atom stereocenters. The van der Waals surface area contributed by atoms with Crippen molar-refractivity contribution in [1.29, 1.82) is 0 Å². The Balaban J connectivity index is 1.20. The van der Waals surface area contributed by atoms with Gasteiger partial charge in [-0.3, -0.25) is 5.10 Å². The van der Waals surface area contributed by atoms with E-state index in [1.807, 2.05) is 24.3 Å². The molecule has 0 radical (unpaired) electrons. The molecule has 202 valence electrons. The topological polar surface area (TPSA) is 130 Å². The lowest BCUT2D eigenvalue weighted by atomic mass is 10.1. The zero-order valence-corrected chi connectivity index (χ0v) is 21.8. The van der Waals surface area contributed by atoms with Crippen LogP contribution in [0.3, 0.4) is 0 Å². The number of ether oxygens (including phenoxy) is 2. The van der Waals surface area contributed by atoms with Gasteiger partial charge in [-0.05, 0) is 37.8 Å². The molecule has 2 aliphatic heterocycles. The van der Waals surface area contributed by atoms with Gasteiger partial charge in [0.2, 0.25) is 11.8 Å². The molecule has 0 aromatic carbocycles. The highest BCUT2D eigenvalue weighted by molar-refractivity contribution is 5.65. The molecule has 0 bridgehead atoms. The van der Waals surface area contributed by atoms with E-state index >= 15 is 0 Å². The highest BCUT2D eigenvalue weighted by Crippen LogP contribution is 2.40. The van der Waals surface area contributed by atoms with E-state index in [2.05, 4.69) is 41.5 Å². The van der Waals surface area contributed by atoms with Crippen molar-refractivity contribution < 1.29 is 14.0 Å². The Labute approximate surface area is 225 Å². The number of hydrogen-bond donors (Lipinski definition) is 2. The summed E-state index contributed by atoms with van der Waals surface area (Å²) in [5.41, 5.74) is 2.66. The quantitative estimate of drug-likeness (QED) is 0.343. The molecule has 4 aromatic heterocycles. The first kappa shape index (κ1) is 23.9. The molecule has 3 aliphatic rings. The Morgan fingerprint density at radius 3 is 2.79 bits per heavy atom. The SMILES string of the molecule is COc1ncccc1-c1cc(C2CCCN2c2nc(Nc3cc(C4CC4)[nH]n3)cc(N3CCOCC3)n2)on1. The van der Waals surface area contributed by atoms with Gasteiger partial charge < -0.3 is 29.1 Å². The number of H-pyrrole nitrogens is 1. The molecule has 2 saturated heterocycles. The molecule has 0 amide bonds. The second kappa shape index (κ2) is 10.2. The first-order valence-corrected chi connectivity index (χ1v) is 13.5. The van der Waals surface area contributed by atoms with Crippen LogP contribution in [0.15, 0.2) is 41.1 Å². The zero-order valence-electron chi connectivity index (χ0n) is 21.8. The maximum absolute atomic E-state index is 5.87. The van der Waals surface area contributed by atoms with E-state index in [0.29, 0.717) is 42.5 Å². The molecule has 39 heavy (non-hydrogen) atoms. The summed E-state index contributed by atoms with van der Waals surface area (Å²) in [5.74, 6) is 4.87. The molecule has 1 saturated carbocycles. The Morgan fingerprint density at radius 2 is 1.95 bits per heavy atom. The van der Waals surface area contributed by atoms with Crippen LogP contribution in [0.4, 0.5) is 23.4 Å². The lowest BCUT2D eigenvalue weighted by Crippen LogP contribution is -2.37. The van der Waals surface area contributed by atoms with Crippen LogP contribution >= 0.6 is 0 Å². The number of pyridine rings is 1. The van der Waals surface area contributed by atoms with Gasteiger partial charge in [0.1, 0.15) is 17.3 Å². The number of morpholine rings is 1. The van der Waals surface area contributed by atoms with Crippen LogP contribution in [0.1, 0.15) is 49.1 Å². The minimum Gasteiger partial charge on any atom is -0.481 e. The van der Waals surface area contributed by atoms with Gasteiger partial charge in [-0.15, -0.1) is 0 Å². The average Bonchev–Trinajstić information content (AvgIpc) is 3.33. The van der Waals surface area contributed by atoms with E-state index in [9.17, 15) is 0 Å². The molecule has 6 heterocycles. The maximum Gasteiger partial charge on any atom is 0.229 e. The summed E-state index contributed by atoms with van der Waals surface area (Å²) in [6.07, 6.45) is 6.04. The number of aromatic nitrogens is 6. The Kier molecular flexibility index (Phi) is 6.23. The van der Waals surface area contributed by atoms with Gasteiger partial charge in [-0.2, -0.15) is 15.1 Å². The van der Waals surface area contributed by atoms with Crippen LogP contribution in [0.25, 0.3) is 11.3 Å². The van der Waals surface area contributed by atoms with Crippen molar-refractivity contribution in [3.8, 4) is 17.1 Å². The summed E-state index contributed by atoms with van der Waals surface area (Å²) in [7, 11) is 1.60. The van der Waals surface area contributed by atoms with Crippen molar-refractivity contribution in [2.24, 2.45) is 0 Å². The normalized spacial score (nSPS) is 19.5. The maximum atomic E-state index is 5.87. The van der Waals surface area contributed by atoms with Crippen LogP contribution in [0, 0.1) is 0 Å². The summed E-state index contributed by atoms with van der Waals surface area (Å²) in [5, 5.41) is 15.4. The lowest BCUT2D eigenvalue weighted by Gasteiger charge is -2.30. The third-order valence-corrected chi connectivity index (χ3v) is 7.51. The van der Waals surface area contributed by atoms with Crippen molar-refractivity contribution in [3.63, 3.8) is 0 Å². The highest BCUT2D eigenvalue weighted by Gasteiger charge is 2.33. The molecule has 1 unspecified atom stereocenters. The number of rotatable bonds is 8. The molecule has 3 fully saturated rings. The Hall–Kier alpha value is -4.19. The van der Waals surface area contributed by atoms with Gasteiger partial charge in [-0.25, -0.2) is 4.98 Å². The van der Waals surface area contributed by atoms with Gasteiger partial charge in [0.15, 0.2) is 11.6 Å². The first-order chi connectivity index (χ1) is 19.2. The molecule has 0 spiro atoms. The minimum atomic E-state index is -0.0337. The van der Waals surface area contributed by atoms with Gasteiger partial charge in [0.25, 0.3) is 0 Å². The molecular weight excluding hydrogens is 498 g/mol. The standard InChI is InChI=1S/C27H31N9O3/c1-37-26-18(4-2-8-28-26)20-14-22(39-34-20)21-5-3-9-36(21)27-30-23(16-25(31-27)35-10-12-38-13-11-35)29-24-15-19(32-33-24)17-6-7-17/h2,4,8,14-17,21H,3,5-7,9-13H2,1H3,(H2,29,30,31,32,33). The first-order valence-electron chi connectivity index (χ1n) is 13.5. The molecule has 1 aliphatic carbocycles. The largest absolute Gasteiger partial charge is 0.481 e. The predicted molar refractivity (Wildman–Crippen MR) is 145 cm³/mol. The van der Waals surface area contributed by atoms with Crippen molar-refractivity contribution >= 4 is 23.4 Å². The number of aromatic amines is 1. The smallest absolute Gasteiger partial charge is 0.229 e. The Bertz CT molecular complexity index is 1440. The van der Waals surface area contributed by atoms with Crippen molar-refractivity contribution in [2.45, 2.75) is 37.6 Å². The number of nitrogens with one attached hydrogen (secondary N) is 2. The second-order valence-corrected chi connectivity index (χ2v) is 10.1. The third kappa shape index (κ3) is 4.87. The lowest BCUT2D eigenvalue weighted by molar-refractivity contribution is 0.122. The van der Waals surface area contributed by atoms with Crippen molar-refractivity contribution in [1.82, 2.24) is 30.3 Å². The molecule has 4 aromatic rings. The summed E-state index contributed by atoms with van der Waals surface area (Å²) >= 11 is 0. The summed E-state index contributed by atoms with van der Waals surface area (Å²) in [6, 6.07) is 9.80. The molecule has 7 rings (SSSR count). The van der Waals surface area contributed by atoms with Gasteiger partial charge in [-0.1, -0.05) is 5.16 Å². The van der Waals surface area contributed by atoms with E-state index in [1.165, 1.54) is 18.5 Å². The molecule has 2 N–H and O–H groups in total. The highest BCUT2D eigenvalue weighted by atomic mass is 16.5. The number of anilines is 4. The fourth-order valence-corrected chi connectivity index (χ4v) is 5.33. The molecule has 12 nitrogen and oxygen atoms in total. The second-order valence-electron chi connectivity index (χ2n) is 10.1. The van der Waals surface area contributed by atoms with Crippen LogP contribution < -0.4 is 19.9 Å². The summed E-state index contributed by atoms with van der Waals surface area (Å²) < 4.78 is 16.9. The van der Waals surface area contributed by atoms with Crippen LogP contribution in [0.5, 0.6) is 5.88 Å². The van der Waals surface area contributed by atoms with E-state index in [0.717, 1.165) is 55.4 Å². The monoisotopic (exact) mass is 529 g/mol. The Morgan fingerprint density at radius 1 is 1.05 bits per heavy atom. The van der Waals surface area contributed by atoms with E-state index in [1.54, 1.807) is 13.3 Å². The van der Waals surface area contributed by atoms with Crippen LogP contribution in [-0.4, -0.2) is 70.3 Å². The van der Waals surface area contributed by atoms with E-state index in [-0.39, 0.29) is 6.04 Å². The number of methoxy groups -OCH3 is 1. The average molecular weight is 530 g/mol. The fourth-order valence-electron chi connectivity index (χ4n) is 5.33. The van der Waals surface area contributed by atoms with Crippen LogP contribution in [0.2, 0.25) is 0 Å². The minimum absolute atomic E-state index is 0.0337. The van der Waals surface area contributed by atoms with Crippen molar-refractivity contribution in [2.75, 3.05) is 55.1 Å². The zero-order chi connectivity index (χ0) is 26.2. The van der Waals surface area contributed by atoms with Gasteiger partial charge in [0, 0.05) is 55.6 Å².